The van der Waals surface area contributed by atoms with Gasteiger partial charge >= 0.3 is 0 Å². The van der Waals surface area contributed by atoms with Crippen LogP contribution >= 0.6 is 0 Å². The molecule has 1 fully saturated rings. The van der Waals surface area contributed by atoms with E-state index in [1.165, 1.54) is 0 Å². The van der Waals surface area contributed by atoms with Gasteiger partial charge in [0.2, 0.25) is 0 Å². The topological polar surface area (TPSA) is 46.2 Å². The molecule has 4 aromatic rings. The molecule has 0 radical (unpaired) electrons. The van der Waals surface area contributed by atoms with Crippen LogP contribution in [0.5, 0.6) is 0 Å². The molecule has 5 rings (SSSR count). The zero-order valence-corrected chi connectivity index (χ0v) is 22.6. The van der Waals surface area contributed by atoms with E-state index in [2.05, 4.69) is 6.58 Å². The Morgan fingerprint density at radius 1 is 0.500 bits per heavy atom. The van der Waals surface area contributed by atoms with Gasteiger partial charge in [-0.1, -0.05) is 128 Å². The third-order valence-electron chi connectivity index (χ3n) is 6.85. The van der Waals surface area contributed by atoms with Crippen LogP contribution in [-0.2, 0) is 50.1 Å². The Hall–Kier alpha value is -3.74. The molecule has 0 unspecified atom stereocenters. The first-order chi connectivity index (χ1) is 19.8. The number of benzene rings is 4. The SMILES string of the molecule is C=C1O[C@H](COCc2ccccc2)[C@@H](OCc2ccccc2)[C@H](OCc2ccccc2)[C@H]1OCc1ccccc1. The molecule has 5 nitrogen and oxygen atoms in total. The van der Waals surface area contributed by atoms with Gasteiger partial charge in [-0.2, -0.15) is 0 Å². The maximum Gasteiger partial charge on any atom is 0.150 e. The van der Waals surface area contributed by atoms with E-state index in [-0.39, 0.29) is 0 Å². The van der Waals surface area contributed by atoms with Gasteiger partial charge in [-0.3, -0.25) is 0 Å². The van der Waals surface area contributed by atoms with Gasteiger partial charge in [0.15, 0.2) is 6.10 Å². The molecule has 1 aliphatic heterocycles. The molecule has 0 aliphatic carbocycles. The van der Waals surface area contributed by atoms with Gasteiger partial charge in [0.1, 0.15) is 24.1 Å². The Labute approximate surface area is 236 Å². The number of hydrogen-bond donors (Lipinski definition) is 0. The van der Waals surface area contributed by atoms with Crippen molar-refractivity contribution in [3.63, 3.8) is 0 Å². The minimum Gasteiger partial charge on any atom is -0.487 e. The standard InChI is InChI=1S/C35H36O5/c1-27-33(37-23-29-16-8-3-9-17-29)35(39-25-31-20-12-5-13-21-31)34(38-24-30-18-10-4-11-19-30)32(40-27)26-36-22-28-14-6-2-7-15-28/h2-21,32-35H,1,22-26H2/t32-,33+,34-,35-/m1/s1. The van der Waals surface area contributed by atoms with Crippen LogP contribution < -0.4 is 0 Å². The fraction of sp³-hybridized carbons (Fsp3) is 0.257. The van der Waals surface area contributed by atoms with Crippen molar-refractivity contribution in [2.75, 3.05) is 6.61 Å². The van der Waals surface area contributed by atoms with E-state index in [4.69, 9.17) is 23.7 Å². The maximum atomic E-state index is 6.59. The van der Waals surface area contributed by atoms with Crippen molar-refractivity contribution >= 4 is 0 Å². The van der Waals surface area contributed by atoms with Crippen molar-refractivity contribution in [1.29, 1.82) is 0 Å². The fourth-order valence-corrected chi connectivity index (χ4v) is 4.76. The lowest BCUT2D eigenvalue weighted by Crippen LogP contribution is -2.56. The third-order valence-corrected chi connectivity index (χ3v) is 6.85. The second-order valence-corrected chi connectivity index (χ2v) is 9.86. The third kappa shape index (κ3) is 7.90. The molecule has 1 saturated heterocycles. The Bertz CT molecular complexity index is 1280. The monoisotopic (exact) mass is 536 g/mol. The minimum absolute atomic E-state index is 0.323. The second-order valence-electron chi connectivity index (χ2n) is 9.86. The molecule has 1 heterocycles. The average Bonchev–Trinajstić information content (AvgIpc) is 3.01. The van der Waals surface area contributed by atoms with Crippen molar-refractivity contribution in [3.8, 4) is 0 Å². The van der Waals surface area contributed by atoms with Gasteiger partial charge in [-0.05, 0) is 22.3 Å². The van der Waals surface area contributed by atoms with Crippen LogP contribution in [-0.4, -0.2) is 31.0 Å². The van der Waals surface area contributed by atoms with E-state index in [0.29, 0.717) is 38.8 Å². The summed E-state index contributed by atoms with van der Waals surface area (Å²) in [6.07, 6.45) is -1.85. The van der Waals surface area contributed by atoms with Crippen LogP contribution in [0.1, 0.15) is 22.3 Å². The van der Waals surface area contributed by atoms with E-state index >= 15 is 0 Å². The van der Waals surface area contributed by atoms with Gasteiger partial charge in [0, 0.05) is 0 Å². The molecule has 4 atom stereocenters. The quantitative estimate of drug-likeness (QED) is 0.187. The van der Waals surface area contributed by atoms with Gasteiger partial charge in [-0.15, -0.1) is 0 Å². The molecule has 1 aliphatic rings. The van der Waals surface area contributed by atoms with Gasteiger partial charge in [-0.25, -0.2) is 0 Å². The van der Waals surface area contributed by atoms with E-state index in [9.17, 15) is 0 Å². The Morgan fingerprint density at radius 2 is 0.900 bits per heavy atom. The minimum atomic E-state index is -0.518. The zero-order valence-electron chi connectivity index (χ0n) is 22.6. The highest BCUT2D eigenvalue weighted by atomic mass is 16.6. The largest absolute Gasteiger partial charge is 0.487 e. The van der Waals surface area contributed by atoms with Crippen molar-refractivity contribution in [1.82, 2.24) is 0 Å². The fourth-order valence-electron chi connectivity index (χ4n) is 4.76. The van der Waals surface area contributed by atoms with E-state index < -0.39 is 24.4 Å². The first-order valence-electron chi connectivity index (χ1n) is 13.7. The molecule has 0 N–H and O–H groups in total. The molecule has 5 heteroatoms. The molecule has 0 bridgehead atoms. The molecular weight excluding hydrogens is 500 g/mol. The maximum absolute atomic E-state index is 6.59. The molecule has 0 aromatic heterocycles. The van der Waals surface area contributed by atoms with Crippen LogP contribution in [0.2, 0.25) is 0 Å². The van der Waals surface area contributed by atoms with E-state index in [1.54, 1.807) is 0 Å². The lowest BCUT2D eigenvalue weighted by Gasteiger charge is -2.43. The lowest BCUT2D eigenvalue weighted by atomic mass is 9.97. The first kappa shape index (κ1) is 27.8. The van der Waals surface area contributed by atoms with Crippen LogP contribution in [0.15, 0.2) is 134 Å². The van der Waals surface area contributed by atoms with E-state index in [0.717, 1.165) is 22.3 Å². The van der Waals surface area contributed by atoms with Gasteiger partial charge < -0.3 is 23.7 Å². The molecule has 206 valence electrons. The molecule has 0 spiro atoms. The van der Waals surface area contributed by atoms with Crippen molar-refractivity contribution < 1.29 is 23.7 Å². The predicted octanol–water partition coefficient (Wildman–Crippen LogP) is 6.87. The highest BCUT2D eigenvalue weighted by molar-refractivity contribution is 5.17. The van der Waals surface area contributed by atoms with Crippen molar-refractivity contribution in [3.05, 3.63) is 156 Å². The predicted molar refractivity (Wildman–Crippen MR) is 155 cm³/mol. The highest BCUT2D eigenvalue weighted by Crippen LogP contribution is 2.32. The molecule has 0 saturated carbocycles. The normalized spacial score (nSPS) is 20.6. The number of ether oxygens (including phenoxy) is 5. The zero-order chi connectivity index (χ0) is 27.4. The summed E-state index contributed by atoms with van der Waals surface area (Å²) >= 11 is 0. The van der Waals surface area contributed by atoms with Crippen LogP contribution in [0.3, 0.4) is 0 Å². The summed E-state index contributed by atoms with van der Waals surface area (Å²) < 4.78 is 32.1. The molecule has 4 aromatic carbocycles. The summed E-state index contributed by atoms with van der Waals surface area (Å²) in [4.78, 5) is 0. The summed E-state index contributed by atoms with van der Waals surface area (Å²) in [7, 11) is 0. The van der Waals surface area contributed by atoms with E-state index in [1.807, 2.05) is 121 Å². The van der Waals surface area contributed by atoms with Crippen molar-refractivity contribution in [2.24, 2.45) is 0 Å². The van der Waals surface area contributed by atoms with Gasteiger partial charge in [0.25, 0.3) is 0 Å². The first-order valence-corrected chi connectivity index (χ1v) is 13.7. The van der Waals surface area contributed by atoms with Crippen LogP contribution in [0.4, 0.5) is 0 Å². The smallest absolute Gasteiger partial charge is 0.150 e. The average molecular weight is 537 g/mol. The molecule has 40 heavy (non-hydrogen) atoms. The summed E-state index contributed by atoms with van der Waals surface area (Å²) in [5.74, 6) is 0.516. The lowest BCUT2D eigenvalue weighted by molar-refractivity contribution is -0.223. The molecule has 0 amide bonds. The summed E-state index contributed by atoms with van der Waals surface area (Å²) in [6, 6.07) is 40.4. The molecular formula is C35H36O5. The summed E-state index contributed by atoms with van der Waals surface area (Å²) in [5, 5.41) is 0. The Kier molecular flexibility index (Phi) is 10.1. The van der Waals surface area contributed by atoms with Crippen LogP contribution in [0.25, 0.3) is 0 Å². The van der Waals surface area contributed by atoms with Gasteiger partial charge in [0.05, 0.1) is 33.0 Å². The van der Waals surface area contributed by atoms with Crippen molar-refractivity contribution in [2.45, 2.75) is 50.8 Å². The summed E-state index contributed by atoms with van der Waals surface area (Å²) in [5.41, 5.74) is 4.30. The number of rotatable bonds is 13. The number of hydrogen-bond acceptors (Lipinski definition) is 5. The second kappa shape index (κ2) is 14.6. The summed E-state index contributed by atoms with van der Waals surface area (Å²) in [6.45, 7) is 6.26. The Morgan fingerprint density at radius 3 is 1.38 bits per heavy atom. The van der Waals surface area contributed by atoms with Crippen LogP contribution in [0, 0.1) is 0 Å². The Balaban J connectivity index is 1.36. The highest BCUT2D eigenvalue weighted by Gasteiger charge is 2.46.